The van der Waals surface area contributed by atoms with Gasteiger partial charge in [-0.05, 0) is 43.2 Å². The SMILES string of the molecule is CC(C)Oc1cc(-c2ccccc2)c2c(n1)OCCN(Cc1cc(C(F)(F)F)cc(C(F)(F)F)c1)C2=O. The molecule has 0 bridgehead atoms. The smallest absolute Gasteiger partial charge is 0.416 e. The first kappa shape index (κ1) is 26.3. The number of alkyl halides is 6. The van der Waals surface area contributed by atoms with Crippen LogP contribution in [-0.2, 0) is 18.9 Å². The van der Waals surface area contributed by atoms with Crippen molar-refractivity contribution in [2.75, 3.05) is 13.2 Å². The number of fused-ring (bicyclic) bond motifs is 1. The second kappa shape index (κ2) is 9.95. The Morgan fingerprint density at radius 3 is 2.16 bits per heavy atom. The van der Waals surface area contributed by atoms with E-state index in [0.717, 1.165) is 4.90 Å². The van der Waals surface area contributed by atoms with Gasteiger partial charge in [-0.15, -0.1) is 0 Å². The van der Waals surface area contributed by atoms with Crippen molar-refractivity contribution in [2.24, 2.45) is 0 Å². The summed E-state index contributed by atoms with van der Waals surface area (Å²) in [5, 5.41) is 0. The van der Waals surface area contributed by atoms with Crippen molar-refractivity contribution in [2.45, 2.75) is 38.8 Å². The number of pyridine rings is 1. The molecule has 0 aliphatic carbocycles. The van der Waals surface area contributed by atoms with Crippen LogP contribution in [0.15, 0.2) is 54.6 Å². The van der Waals surface area contributed by atoms with Crippen LogP contribution in [0.25, 0.3) is 11.1 Å². The van der Waals surface area contributed by atoms with E-state index in [2.05, 4.69) is 4.98 Å². The van der Waals surface area contributed by atoms with Gasteiger partial charge in [0.1, 0.15) is 12.2 Å². The highest BCUT2D eigenvalue weighted by molar-refractivity contribution is 6.03. The van der Waals surface area contributed by atoms with E-state index >= 15 is 0 Å². The van der Waals surface area contributed by atoms with Gasteiger partial charge in [0, 0.05) is 18.2 Å². The molecule has 2 heterocycles. The molecular formula is C26H22F6N2O3. The highest BCUT2D eigenvalue weighted by atomic mass is 19.4. The molecule has 2 aromatic carbocycles. The van der Waals surface area contributed by atoms with E-state index in [0.29, 0.717) is 23.3 Å². The molecule has 196 valence electrons. The fourth-order valence-corrected chi connectivity index (χ4v) is 3.95. The summed E-state index contributed by atoms with van der Waals surface area (Å²) < 4.78 is 91.4. The number of amides is 1. The number of aromatic nitrogens is 1. The highest BCUT2D eigenvalue weighted by Gasteiger charge is 2.37. The highest BCUT2D eigenvalue weighted by Crippen LogP contribution is 2.38. The summed E-state index contributed by atoms with van der Waals surface area (Å²) in [6.45, 7) is 2.95. The number of halogens is 6. The van der Waals surface area contributed by atoms with E-state index in [9.17, 15) is 31.1 Å². The average molecular weight is 524 g/mol. The zero-order valence-corrected chi connectivity index (χ0v) is 19.8. The van der Waals surface area contributed by atoms with Gasteiger partial charge in [0.15, 0.2) is 0 Å². The number of benzene rings is 2. The van der Waals surface area contributed by atoms with Gasteiger partial charge in [-0.25, -0.2) is 0 Å². The molecule has 4 rings (SSSR count). The molecule has 0 saturated heterocycles. The van der Waals surface area contributed by atoms with Crippen molar-refractivity contribution in [1.82, 2.24) is 9.88 Å². The lowest BCUT2D eigenvalue weighted by Crippen LogP contribution is -2.32. The van der Waals surface area contributed by atoms with Crippen molar-refractivity contribution in [1.29, 1.82) is 0 Å². The molecule has 0 atom stereocenters. The Balaban J connectivity index is 1.78. The Morgan fingerprint density at radius 2 is 1.59 bits per heavy atom. The Morgan fingerprint density at radius 1 is 0.973 bits per heavy atom. The Labute approximate surface area is 208 Å². The van der Waals surface area contributed by atoms with Gasteiger partial charge in [-0.3, -0.25) is 4.79 Å². The van der Waals surface area contributed by atoms with E-state index in [-0.39, 0.29) is 48.2 Å². The normalized spacial score (nSPS) is 14.3. The molecule has 11 heteroatoms. The molecule has 0 fully saturated rings. The van der Waals surface area contributed by atoms with Gasteiger partial charge in [-0.2, -0.15) is 31.3 Å². The summed E-state index contributed by atoms with van der Waals surface area (Å²) in [6, 6.07) is 11.6. The summed E-state index contributed by atoms with van der Waals surface area (Å²) in [4.78, 5) is 19.1. The second-order valence-electron chi connectivity index (χ2n) is 8.71. The molecule has 1 amide bonds. The first-order valence-electron chi connectivity index (χ1n) is 11.3. The Bertz CT molecular complexity index is 1260. The van der Waals surface area contributed by atoms with E-state index in [1.165, 1.54) is 0 Å². The van der Waals surface area contributed by atoms with Crippen LogP contribution in [0, 0.1) is 0 Å². The third-order valence-electron chi connectivity index (χ3n) is 5.53. The molecule has 0 unspecified atom stereocenters. The largest absolute Gasteiger partial charge is 0.475 e. The molecule has 0 saturated carbocycles. The minimum absolute atomic E-state index is 0.0236. The van der Waals surface area contributed by atoms with Crippen LogP contribution >= 0.6 is 0 Å². The molecule has 1 aromatic heterocycles. The molecule has 37 heavy (non-hydrogen) atoms. The standard InChI is InChI=1S/C26H22F6N2O3/c1-15(2)37-21-13-20(17-6-4-3-5-7-17)22-23(33-21)36-9-8-34(24(22)35)14-16-10-18(25(27,28)29)12-19(11-16)26(30,31)32/h3-7,10-13,15H,8-9,14H2,1-2H3. The molecule has 0 spiro atoms. The fraction of sp³-hybridized carbons (Fsp3) is 0.308. The molecule has 0 N–H and O–H groups in total. The molecule has 0 radical (unpaired) electrons. The minimum atomic E-state index is -4.99. The number of ether oxygens (including phenoxy) is 2. The topological polar surface area (TPSA) is 51.7 Å². The number of nitrogens with zero attached hydrogens (tertiary/aromatic N) is 2. The monoisotopic (exact) mass is 524 g/mol. The van der Waals surface area contributed by atoms with E-state index in [4.69, 9.17) is 9.47 Å². The maximum atomic E-state index is 13.7. The predicted octanol–water partition coefficient (Wildman–Crippen LogP) is 6.61. The summed E-state index contributed by atoms with van der Waals surface area (Å²) in [7, 11) is 0. The molecule has 5 nitrogen and oxygen atoms in total. The zero-order valence-electron chi connectivity index (χ0n) is 19.8. The quantitative estimate of drug-likeness (QED) is 0.353. The second-order valence-corrected chi connectivity index (χ2v) is 8.71. The lowest BCUT2D eigenvalue weighted by Gasteiger charge is -2.23. The third-order valence-corrected chi connectivity index (χ3v) is 5.53. The number of carbonyl (C=O) groups excluding carboxylic acids is 1. The van der Waals surface area contributed by atoms with Crippen LogP contribution in [0.3, 0.4) is 0 Å². The summed E-state index contributed by atoms with van der Waals surface area (Å²) in [6.07, 6.45) is -10.2. The predicted molar refractivity (Wildman–Crippen MR) is 122 cm³/mol. The minimum Gasteiger partial charge on any atom is -0.475 e. The lowest BCUT2D eigenvalue weighted by molar-refractivity contribution is -0.143. The number of rotatable bonds is 5. The molecule has 1 aliphatic rings. The van der Waals surface area contributed by atoms with Crippen molar-refractivity contribution in [3.8, 4) is 22.9 Å². The third kappa shape index (κ3) is 5.98. The van der Waals surface area contributed by atoms with Crippen LogP contribution < -0.4 is 9.47 Å². The number of hydrogen-bond acceptors (Lipinski definition) is 4. The van der Waals surface area contributed by atoms with E-state index < -0.39 is 35.9 Å². The van der Waals surface area contributed by atoms with E-state index in [1.54, 1.807) is 50.2 Å². The van der Waals surface area contributed by atoms with Crippen LogP contribution in [0.5, 0.6) is 11.8 Å². The van der Waals surface area contributed by atoms with Gasteiger partial charge < -0.3 is 14.4 Å². The van der Waals surface area contributed by atoms with Gasteiger partial charge in [-0.1, -0.05) is 30.3 Å². The Hall–Kier alpha value is -3.76. The van der Waals surface area contributed by atoms with Crippen molar-refractivity contribution >= 4 is 5.91 Å². The van der Waals surface area contributed by atoms with Gasteiger partial charge in [0.2, 0.25) is 11.8 Å². The van der Waals surface area contributed by atoms with Gasteiger partial charge in [0.05, 0.1) is 23.8 Å². The summed E-state index contributed by atoms with van der Waals surface area (Å²) in [5.74, 6) is -0.452. The first-order valence-corrected chi connectivity index (χ1v) is 11.3. The summed E-state index contributed by atoms with van der Waals surface area (Å²) >= 11 is 0. The maximum absolute atomic E-state index is 13.7. The summed E-state index contributed by atoms with van der Waals surface area (Å²) in [5.41, 5.74) is -2.11. The Kier molecular flexibility index (Phi) is 7.07. The zero-order chi connectivity index (χ0) is 27.0. The van der Waals surface area contributed by atoms with Crippen molar-refractivity contribution < 1.29 is 40.6 Å². The molecule has 1 aliphatic heterocycles. The maximum Gasteiger partial charge on any atom is 0.416 e. The van der Waals surface area contributed by atoms with Crippen LogP contribution in [0.4, 0.5) is 26.3 Å². The first-order chi connectivity index (χ1) is 17.3. The van der Waals surface area contributed by atoms with Crippen LogP contribution in [-0.4, -0.2) is 35.0 Å². The van der Waals surface area contributed by atoms with Crippen molar-refractivity contribution in [3.05, 3.63) is 76.9 Å². The van der Waals surface area contributed by atoms with E-state index in [1.807, 2.05) is 0 Å². The van der Waals surface area contributed by atoms with Gasteiger partial charge >= 0.3 is 12.4 Å². The van der Waals surface area contributed by atoms with Gasteiger partial charge in [0.25, 0.3) is 5.91 Å². The molecule has 3 aromatic rings. The average Bonchev–Trinajstić information content (AvgIpc) is 2.96. The number of hydrogen-bond donors (Lipinski definition) is 0. The number of carbonyl (C=O) groups is 1. The van der Waals surface area contributed by atoms with Crippen molar-refractivity contribution in [3.63, 3.8) is 0 Å². The molecular weight excluding hydrogens is 502 g/mol. The lowest BCUT2D eigenvalue weighted by atomic mass is 9.99. The van der Waals surface area contributed by atoms with Crippen LogP contribution in [0.2, 0.25) is 0 Å². The van der Waals surface area contributed by atoms with Crippen LogP contribution in [0.1, 0.15) is 40.9 Å². The fourth-order valence-electron chi connectivity index (χ4n) is 3.95.